The van der Waals surface area contributed by atoms with Gasteiger partial charge < -0.3 is 14.4 Å². The molecule has 1 saturated heterocycles. The van der Waals surface area contributed by atoms with Gasteiger partial charge in [0.1, 0.15) is 13.2 Å². The molecule has 0 amide bonds. The van der Waals surface area contributed by atoms with E-state index in [-0.39, 0.29) is 16.7 Å². The van der Waals surface area contributed by atoms with Crippen LogP contribution in [0.15, 0.2) is 36.4 Å². The van der Waals surface area contributed by atoms with Crippen molar-refractivity contribution in [2.75, 3.05) is 24.7 Å². The Morgan fingerprint density at radius 1 is 1.12 bits per heavy atom. The zero-order valence-corrected chi connectivity index (χ0v) is 14.1. The Kier molecular flexibility index (Phi) is 3.95. The highest BCUT2D eigenvalue weighted by Crippen LogP contribution is 2.40. The van der Waals surface area contributed by atoms with Crippen molar-refractivity contribution in [3.05, 3.63) is 57.6 Å². The predicted octanol–water partition coefficient (Wildman–Crippen LogP) is 4.02. The lowest BCUT2D eigenvalue weighted by Gasteiger charge is -2.28. The van der Waals surface area contributed by atoms with Crippen molar-refractivity contribution in [1.29, 1.82) is 0 Å². The summed E-state index contributed by atoms with van der Waals surface area (Å²) in [7, 11) is 0. The van der Waals surface area contributed by atoms with Gasteiger partial charge in [0.15, 0.2) is 11.5 Å². The number of rotatable bonds is 3. The number of hydrogen-bond acceptors (Lipinski definition) is 5. The molecule has 1 atom stereocenters. The van der Waals surface area contributed by atoms with Gasteiger partial charge in [-0.15, -0.1) is 0 Å². The Bertz CT molecular complexity index is 821. The van der Waals surface area contributed by atoms with Crippen LogP contribution in [0, 0.1) is 17.0 Å². The molecule has 0 spiro atoms. The summed E-state index contributed by atoms with van der Waals surface area (Å²) in [4.78, 5) is 13.0. The third-order valence-electron chi connectivity index (χ3n) is 4.91. The number of hydrogen-bond donors (Lipinski definition) is 0. The highest BCUT2D eigenvalue weighted by molar-refractivity contribution is 5.58. The summed E-state index contributed by atoms with van der Waals surface area (Å²) in [5.41, 5.74) is 3.08. The summed E-state index contributed by atoms with van der Waals surface area (Å²) in [6.07, 6.45) is 2.14. The molecule has 0 bridgehead atoms. The number of ether oxygens (including phenoxy) is 2. The average molecular weight is 340 g/mol. The lowest BCUT2D eigenvalue weighted by atomic mass is 10.0. The van der Waals surface area contributed by atoms with E-state index in [1.54, 1.807) is 13.0 Å². The van der Waals surface area contributed by atoms with Gasteiger partial charge in [0, 0.05) is 23.9 Å². The van der Waals surface area contributed by atoms with Gasteiger partial charge in [-0.05, 0) is 49.6 Å². The zero-order valence-electron chi connectivity index (χ0n) is 14.1. The van der Waals surface area contributed by atoms with Crippen LogP contribution in [0.5, 0.6) is 11.5 Å². The van der Waals surface area contributed by atoms with Crippen molar-refractivity contribution in [1.82, 2.24) is 0 Å². The van der Waals surface area contributed by atoms with E-state index in [2.05, 4.69) is 17.0 Å². The molecular weight excluding hydrogens is 320 g/mol. The smallest absolute Gasteiger partial charge is 0.272 e. The molecule has 1 fully saturated rings. The largest absolute Gasteiger partial charge is 0.486 e. The third-order valence-corrected chi connectivity index (χ3v) is 4.91. The summed E-state index contributed by atoms with van der Waals surface area (Å²) in [5, 5.41) is 11.0. The molecule has 2 aliphatic rings. The van der Waals surface area contributed by atoms with Crippen LogP contribution in [0.1, 0.15) is 30.0 Å². The molecule has 2 aromatic rings. The van der Waals surface area contributed by atoms with Crippen molar-refractivity contribution in [3.8, 4) is 11.5 Å². The monoisotopic (exact) mass is 340 g/mol. The van der Waals surface area contributed by atoms with E-state index in [1.807, 2.05) is 18.2 Å². The van der Waals surface area contributed by atoms with Crippen molar-refractivity contribution in [2.24, 2.45) is 0 Å². The second-order valence-electron chi connectivity index (χ2n) is 6.48. The Morgan fingerprint density at radius 3 is 2.68 bits per heavy atom. The maximum absolute atomic E-state index is 11.0. The van der Waals surface area contributed by atoms with Crippen molar-refractivity contribution in [2.45, 2.75) is 25.8 Å². The van der Waals surface area contributed by atoms with E-state index >= 15 is 0 Å². The highest BCUT2D eigenvalue weighted by atomic mass is 16.6. The number of nitro groups is 1. The second-order valence-corrected chi connectivity index (χ2v) is 6.48. The molecule has 25 heavy (non-hydrogen) atoms. The van der Waals surface area contributed by atoms with Crippen LogP contribution in [-0.2, 0) is 0 Å². The normalized spacial score (nSPS) is 19.1. The minimum absolute atomic E-state index is 0.166. The van der Waals surface area contributed by atoms with Crippen LogP contribution in [0.3, 0.4) is 0 Å². The number of aryl methyl sites for hydroxylation is 1. The third kappa shape index (κ3) is 2.88. The van der Waals surface area contributed by atoms with Crippen LogP contribution >= 0.6 is 0 Å². The van der Waals surface area contributed by atoms with Gasteiger partial charge >= 0.3 is 0 Å². The van der Waals surface area contributed by atoms with Crippen molar-refractivity contribution < 1.29 is 14.4 Å². The minimum Gasteiger partial charge on any atom is -0.486 e. The van der Waals surface area contributed by atoms with Gasteiger partial charge in [-0.1, -0.05) is 6.07 Å². The Balaban J connectivity index is 1.64. The molecule has 2 heterocycles. The van der Waals surface area contributed by atoms with Crippen molar-refractivity contribution in [3.63, 3.8) is 0 Å². The topological polar surface area (TPSA) is 64.8 Å². The van der Waals surface area contributed by atoms with E-state index in [1.165, 1.54) is 5.56 Å². The first kappa shape index (κ1) is 15.7. The molecule has 0 aliphatic carbocycles. The fourth-order valence-electron chi connectivity index (χ4n) is 3.71. The summed E-state index contributed by atoms with van der Waals surface area (Å²) < 4.78 is 11.3. The first-order valence-electron chi connectivity index (χ1n) is 8.55. The van der Waals surface area contributed by atoms with E-state index < -0.39 is 0 Å². The standard InChI is InChI=1S/C19H20N2O4/c1-13-11-15(5-6-16(13)21(22)23)20-8-2-3-17(20)14-4-7-18-19(12-14)25-10-9-24-18/h4-7,11-12,17H,2-3,8-10H2,1H3/t17-/m1/s1. The molecule has 6 nitrogen and oxygen atoms in total. The van der Waals surface area contributed by atoms with Gasteiger partial charge in [0.05, 0.1) is 11.0 Å². The Morgan fingerprint density at radius 2 is 1.92 bits per heavy atom. The summed E-state index contributed by atoms with van der Waals surface area (Å²) in [6, 6.07) is 11.7. The van der Waals surface area contributed by atoms with E-state index in [9.17, 15) is 10.1 Å². The maximum atomic E-state index is 11.0. The summed E-state index contributed by atoms with van der Waals surface area (Å²) >= 11 is 0. The number of nitrogens with zero attached hydrogens (tertiary/aromatic N) is 2. The van der Waals surface area contributed by atoms with Crippen LogP contribution in [0.4, 0.5) is 11.4 Å². The van der Waals surface area contributed by atoms with Gasteiger partial charge in [-0.25, -0.2) is 0 Å². The van der Waals surface area contributed by atoms with Gasteiger partial charge in [0.25, 0.3) is 5.69 Å². The summed E-state index contributed by atoms with van der Waals surface area (Å²) in [6.45, 7) is 3.89. The predicted molar refractivity (Wildman–Crippen MR) is 94.6 cm³/mol. The molecule has 130 valence electrons. The molecule has 2 aromatic carbocycles. The fourth-order valence-corrected chi connectivity index (χ4v) is 3.71. The number of fused-ring (bicyclic) bond motifs is 1. The Labute approximate surface area is 146 Å². The number of anilines is 1. The lowest BCUT2D eigenvalue weighted by Crippen LogP contribution is -2.23. The van der Waals surface area contributed by atoms with Gasteiger partial charge in [-0.3, -0.25) is 10.1 Å². The van der Waals surface area contributed by atoms with E-state index in [4.69, 9.17) is 9.47 Å². The van der Waals surface area contributed by atoms with Gasteiger partial charge in [-0.2, -0.15) is 0 Å². The molecule has 0 radical (unpaired) electrons. The van der Waals surface area contributed by atoms with Crippen LogP contribution in [-0.4, -0.2) is 24.7 Å². The van der Waals surface area contributed by atoms with Crippen molar-refractivity contribution >= 4 is 11.4 Å². The van der Waals surface area contributed by atoms with Crippen LogP contribution < -0.4 is 14.4 Å². The molecule has 0 saturated carbocycles. The SMILES string of the molecule is Cc1cc(N2CCC[C@@H]2c2ccc3c(c2)OCCO3)ccc1[N+](=O)[O-]. The summed E-state index contributed by atoms with van der Waals surface area (Å²) in [5.74, 6) is 1.60. The second kappa shape index (κ2) is 6.27. The maximum Gasteiger partial charge on any atom is 0.272 e. The molecule has 4 rings (SSSR count). The number of nitro benzene ring substituents is 1. The molecule has 0 N–H and O–H groups in total. The van der Waals surface area contributed by atoms with E-state index in [0.717, 1.165) is 36.6 Å². The number of benzene rings is 2. The highest BCUT2D eigenvalue weighted by Gasteiger charge is 2.28. The molecule has 2 aliphatic heterocycles. The molecule has 0 aromatic heterocycles. The van der Waals surface area contributed by atoms with Crippen LogP contribution in [0.2, 0.25) is 0 Å². The quantitative estimate of drug-likeness (QED) is 0.624. The van der Waals surface area contributed by atoms with E-state index in [0.29, 0.717) is 18.8 Å². The molecular formula is C19H20N2O4. The first-order chi connectivity index (χ1) is 12.1. The molecule has 6 heteroatoms. The Hall–Kier alpha value is -2.76. The van der Waals surface area contributed by atoms with Crippen LogP contribution in [0.25, 0.3) is 0 Å². The lowest BCUT2D eigenvalue weighted by molar-refractivity contribution is -0.385. The molecule has 0 unspecified atom stereocenters. The fraction of sp³-hybridized carbons (Fsp3) is 0.368. The minimum atomic E-state index is -0.332. The average Bonchev–Trinajstić information content (AvgIpc) is 3.10. The van der Waals surface area contributed by atoms with Gasteiger partial charge in [0.2, 0.25) is 0 Å². The first-order valence-corrected chi connectivity index (χ1v) is 8.55. The zero-order chi connectivity index (χ0) is 17.4.